The highest BCUT2D eigenvalue weighted by atomic mass is 32.2. The highest BCUT2D eigenvalue weighted by molar-refractivity contribution is 8.03. The Labute approximate surface area is 179 Å². The lowest BCUT2D eigenvalue weighted by atomic mass is 10.3. The van der Waals surface area contributed by atoms with E-state index in [9.17, 15) is 14.4 Å². The van der Waals surface area contributed by atoms with Crippen molar-refractivity contribution in [3.05, 3.63) is 17.0 Å². The quantitative estimate of drug-likeness (QED) is 0.389. The van der Waals surface area contributed by atoms with Crippen molar-refractivity contribution in [3.8, 4) is 0 Å². The van der Waals surface area contributed by atoms with E-state index in [1.54, 1.807) is 18.4 Å². The first-order chi connectivity index (χ1) is 13.5. The van der Waals surface area contributed by atoms with Crippen LogP contribution in [0.25, 0.3) is 0 Å². The van der Waals surface area contributed by atoms with E-state index in [0.29, 0.717) is 25.8 Å². The Kier molecular flexibility index (Phi) is 9.75. The van der Waals surface area contributed by atoms with Crippen molar-refractivity contribution in [1.29, 1.82) is 0 Å². The number of thioether (sulfide) groups is 2. The van der Waals surface area contributed by atoms with Crippen LogP contribution in [0.1, 0.15) is 30.6 Å². The fourth-order valence-corrected chi connectivity index (χ4v) is 5.26. The first-order valence-electron chi connectivity index (χ1n) is 8.43. The molecule has 0 aliphatic heterocycles. The molecule has 2 N–H and O–H groups in total. The molecule has 2 heterocycles. The molecule has 8 nitrogen and oxygen atoms in total. The fourth-order valence-electron chi connectivity index (χ4n) is 1.82. The molecule has 0 fully saturated rings. The molecule has 2 aromatic rings. The smallest absolute Gasteiger partial charge is 0.341 e. The van der Waals surface area contributed by atoms with E-state index in [4.69, 9.17) is 4.74 Å². The Balaban J connectivity index is 1.78. The number of ether oxygens (including phenoxy) is 1. The third-order valence-corrected chi connectivity index (χ3v) is 7.05. The van der Waals surface area contributed by atoms with Gasteiger partial charge in [-0.3, -0.25) is 9.59 Å². The molecule has 12 heteroatoms. The normalized spacial score (nSPS) is 10.5. The van der Waals surface area contributed by atoms with E-state index >= 15 is 0 Å². The van der Waals surface area contributed by atoms with E-state index in [1.807, 2.05) is 6.92 Å². The Morgan fingerprint density at radius 2 is 1.79 bits per heavy atom. The maximum Gasteiger partial charge on any atom is 0.341 e. The number of hydrogen-bond donors (Lipinski definition) is 2. The molecule has 0 aliphatic rings. The number of anilines is 1. The van der Waals surface area contributed by atoms with Gasteiger partial charge in [0.2, 0.25) is 11.8 Å². The van der Waals surface area contributed by atoms with Crippen LogP contribution in [-0.4, -0.2) is 52.6 Å². The zero-order valence-corrected chi connectivity index (χ0v) is 18.6. The maximum atomic E-state index is 12.2. The molecule has 152 valence electrons. The highest BCUT2D eigenvalue weighted by Gasteiger charge is 2.16. The number of nitrogens with zero attached hydrogens (tertiary/aromatic N) is 2. The van der Waals surface area contributed by atoms with Gasteiger partial charge in [0.25, 0.3) is 0 Å². The Hall–Kier alpha value is -1.63. The summed E-state index contributed by atoms with van der Waals surface area (Å²) in [6.45, 7) is 4.66. The van der Waals surface area contributed by atoms with Crippen LogP contribution in [0.5, 0.6) is 0 Å². The van der Waals surface area contributed by atoms with Crippen molar-refractivity contribution >= 4 is 69.0 Å². The summed E-state index contributed by atoms with van der Waals surface area (Å²) in [5, 5.41) is 15.8. The van der Waals surface area contributed by atoms with Crippen LogP contribution in [-0.2, 0) is 14.3 Å². The molecular formula is C16H20N4O4S4. The summed E-state index contributed by atoms with van der Waals surface area (Å²) in [6.07, 6.45) is 0.894. The molecular weight excluding hydrogens is 440 g/mol. The van der Waals surface area contributed by atoms with Crippen molar-refractivity contribution in [2.45, 2.75) is 28.9 Å². The van der Waals surface area contributed by atoms with Crippen LogP contribution in [0.4, 0.5) is 5.00 Å². The topological polar surface area (TPSA) is 110 Å². The lowest BCUT2D eigenvalue weighted by molar-refractivity contribution is -0.118. The van der Waals surface area contributed by atoms with Crippen LogP contribution in [0.15, 0.2) is 20.1 Å². The van der Waals surface area contributed by atoms with Crippen LogP contribution in [0.2, 0.25) is 0 Å². The summed E-state index contributed by atoms with van der Waals surface area (Å²) in [6, 6.07) is 1.62. The second kappa shape index (κ2) is 12.0. The van der Waals surface area contributed by atoms with E-state index in [2.05, 4.69) is 20.8 Å². The SMILES string of the molecule is CCCNC(=O)CSc1nnc(SCC(=O)Nc2sccc2C(=O)OCC)s1. The molecule has 2 amide bonds. The minimum absolute atomic E-state index is 0.0380. The minimum atomic E-state index is -0.458. The summed E-state index contributed by atoms with van der Waals surface area (Å²) < 4.78 is 6.29. The standard InChI is InChI=1S/C16H20N4O4S4/c1-3-6-17-11(21)8-26-15-19-20-16(28-15)27-9-12(22)18-13-10(5-7-25-13)14(23)24-4-2/h5,7H,3-4,6,8-9H2,1-2H3,(H,17,21)(H,18,22). The molecule has 0 aliphatic carbocycles. The van der Waals surface area contributed by atoms with Gasteiger partial charge in [-0.1, -0.05) is 41.8 Å². The molecule has 0 saturated heterocycles. The lowest BCUT2D eigenvalue weighted by Crippen LogP contribution is -2.25. The number of hydrogen-bond acceptors (Lipinski definition) is 10. The zero-order valence-electron chi connectivity index (χ0n) is 15.4. The summed E-state index contributed by atoms with van der Waals surface area (Å²) in [5.41, 5.74) is 0.348. The number of carbonyl (C=O) groups excluding carboxylic acids is 3. The second-order valence-corrected chi connectivity index (χ2v) is 9.53. The van der Waals surface area contributed by atoms with Crippen molar-refractivity contribution in [2.24, 2.45) is 0 Å². The van der Waals surface area contributed by atoms with Gasteiger partial charge in [0.15, 0.2) is 8.68 Å². The van der Waals surface area contributed by atoms with Crippen molar-refractivity contribution in [2.75, 3.05) is 30.0 Å². The third kappa shape index (κ3) is 7.41. The molecule has 2 rings (SSSR count). The monoisotopic (exact) mass is 460 g/mol. The van der Waals surface area contributed by atoms with Gasteiger partial charge in [0.05, 0.1) is 23.7 Å². The van der Waals surface area contributed by atoms with E-state index in [-0.39, 0.29) is 29.9 Å². The zero-order chi connectivity index (χ0) is 20.4. The summed E-state index contributed by atoms with van der Waals surface area (Å²) >= 11 is 5.17. The molecule has 0 saturated carbocycles. The average molecular weight is 461 g/mol. The summed E-state index contributed by atoms with van der Waals surface area (Å²) in [5.74, 6) is -0.323. The molecule has 28 heavy (non-hydrogen) atoms. The number of aromatic nitrogens is 2. The lowest BCUT2D eigenvalue weighted by Gasteiger charge is -2.05. The van der Waals surface area contributed by atoms with Crippen molar-refractivity contribution in [1.82, 2.24) is 15.5 Å². The minimum Gasteiger partial charge on any atom is -0.462 e. The first kappa shape index (κ1) is 22.7. The number of carbonyl (C=O) groups is 3. The number of nitrogens with one attached hydrogen (secondary N) is 2. The van der Waals surface area contributed by atoms with E-state index in [0.717, 1.165) is 6.42 Å². The highest BCUT2D eigenvalue weighted by Crippen LogP contribution is 2.29. The fraction of sp³-hybridized carbons (Fsp3) is 0.438. The van der Waals surface area contributed by atoms with Crippen molar-refractivity contribution in [3.63, 3.8) is 0 Å². The van der Waals surface area contributed by atoms with Gasteiger partial charge in [-0.05, 0) is 24.8 Å². The van der Waals surface area contributed by atoms with Gasteiger partial charge in [-0.2, -0.15) is 0 Å². The molecule has 0 unspecified atom stereocenters. The van der Waals surface area contributed by atoms with Crippen LogP contribution < -0.4 is 10.6 Å². The Morgan fingerprint density at radius 1 is 1.11 bits per heavy atom. The Morgan fingerprint density at radius 3 is 2.43 bits per heavy atom. The third-order valence-electron chi connectivity index (χ3n) is 3.03. The molecule has 0 bridgehead atoms. The number of thiophene rings is 1. The first-order valence-corrected chi connectivity index (χ1v) is 12.1. The maximum absolute atomic E-state index is 12.2. The van der Waals surface area contributed by atoms with Gasteiger partial charge < -0.3 is 15.4 Å². The number of rotatable bonds is 11. The van der Waals surface area contributed by atoms with E-state index < -0.39 is 5.97 Å². The van der Waals surface area contributed by atoms with Crippen LogP contribution in [0.3, 0.4) is 0 Å². The number of amides is 2. The van der Waals surface area contributed by atoms with Gasteiger partial charge in [0.1, 0.15) is 5.00 Å². The molecule has 0 aromatic carbocycles. The molecule has 2 aromatic heterocycles. The van der Waals surface area contributed by atoms with Gasteiger partial charge in [-0.25, -0.2) is 4.79 Å². The van der Waals surface area contributed by atoms with Gasteiger partial charge in [0, 0.05) is 6.54 Å². The average Bonchev–Trinajstić information content (AvgIpc) is 3.32. The van der Waals surface area contributed by atoms with Crippen LogP contribution in [0, 0.1) is 0 Å². The largest absolute Gasteiger partial charge is 0.462 e. The molecule has 0 atom stereocenters. The predicted molar refractivity (Wildman–Crippen MR) is 114 cm³/mol. The van der Waals surface area contributed by atoms with Crippen molar-refractivity contribution < 1.29 is 19.1 Å². The van der Waals surface area contributed by atoms with E-state index in [1.165, 1.54) is 46.2 Å². The predicted octanol–water partition coefficient (Wildman–Crippen LogP) is 3.13. The second-order valence-electron chi connectivity index (χ2n) is 5.19. The molecule has 0 radical (unpaired) electrons. The number of esters is 1. The van der Waals surface area contributed by atoms with Crippen LogP contribution >= 0.6 is 46.2 Å². The summed E-state index contributed by atoms with van der Waals surface area (Å²) in [4.78, 5) is 35.6. The molecule has 0 spiro atoms. The summed E-state index contributed by atoms with van der Waals surface area (Å²) in [7, 11) is 0. The van der Waals surface area contributed by atoms with Gasteiger partial charge in [-0.15, -0.1) is 21.5 Å². The Bertz CT molecular complexity index is 808. The van der Waals surface area contributed by atoms with Gasteiger partial charge >= 0.3 is 5.97 Å².